The average Bonchev–Trinajstić information content (AvgIpc) is 2.64. The monoisotopic (exact) mass is 307 g/mol. The average molecular weight is 307 g/mol. The van der Waals surface area contributed by atoms with Gasteiger partial charge in [-0.05, 0) is 55.2 Å². The summed E-state index contributed by atoms with van der Waals surface area (Å²) in [6.45, 7) is 6.38. The predicted molar refractivity (Wildman–Crippen MR) is 87.8 cm³/mol. The maximum Gasteiger partial charge on any atom is 0.266 e. The van der Waals surface area contributed by atoms with E-state index in [9.17, 15) is 9.90 Å². The normalized spacial score (nSPS) is 17.4. The van der Waals surface area contributed by atoms with Crippen LogP contribution in [0.25, 0.3) is 6.08 Å². The lowest BCUT2D eigenvalue weighted by molar-refractivity contribution is -0.122. The Morgan fingerprint density at radius 1 is 1.35 bits per heavy atom. The number of amides is 1. The van der Waals surface area contributed by atoms with Gasteiger partial charge in [0.25, 0.3) is 5.91 Å². The van der Waals surface area contributed by atoms with Gasteiger partial charge in [-0.15, -0.1) is 0 Å². The van der Waals surface area contributed by atoms with Gasteiger partial charge in [-0.25, -0.2) is 0 Å². The largest absolute Gasteiger partial charge is 0.507 e. The van der Waals surface area contributed by atoms with Gasteiger partial charge in [-0.1, -0.05) is 30.9 Å². The van der Waals surface area contributed by atoms with E-state index < -0.39 is 0 Å². The summed E-state index contributed by atoms with van der Waals surface area (Å²) in [7, 11) is 0. The van der Waals surface area contributed by atoms with Crippen LogP contribution in [0.1, 0.15) is 30.0 Å². The van der Waals surface area contributed by atoms with Crippen molar-refractivity contribution < 1.29 is 9.90 Å². The van der Waals surface area contributed by atoms with Gasteiger partial charge in [0.15, 0.2) is 0 Å². The molecule has 0 spiro atoms. The van der Waals surface area contributed by atoms with Crippen LogP contribution in [-0.2, 0) is 4.79 Å². The highest BCUT2D eigenvalue weighted by molar-refractivity contribution is 8.26. The maximum atomic E-state index is 12.2. The van der Waals surface area contributed by atoms with Gasteiger partial charge in [0.2, 0.25) is 0 Å². The minimum atomic E-state index is -0.0229. The van der Waals surface area contributed by atoms with Crippen LogP contribution in [0.15, 0.2) is 17.0 Å². The van der Waals surface area contributed by atoms with Crippen molar-refractivity contribution in [2.45, 2.75) is 27.2 Å². The predicted octanol–water partition coefficient (Wildman–Crippen LogP) is 3.62. The van der Waals surface area contributed by atoms with Gasteiger partial charge in [0.05, 0.1) is 4.91 Å². The molecule has 1 heterocycles. The molecule has 0 saturated carbocycles. The molecule has 3 nitrogen and oxygen atoms in total. The molecule has 106 valence electrons. The Hall–Kier alpha value is -1.33. The summed E-state index contributed by atoms with van der Waals surface area (Å²) in [5, 5.41) is 9.78. The molecule has 1 saturated heterocycles. The smallest absolute Gasteiger partial charge is 0.266 e. The number of carbonyl (C=O) groups excluding carboxylic acids is 1. The van der Waals surface area contributed by atoms with Crippen LogP contribution in [0.2, 0.25) is 0 Å². The molecule has 0 aliphatic carbocycles. The van der Waals surface area contributed by atoms with E-state index in [0.717, 1.165) is 23.1 Å². The van der Waals surface area contributed by atoms with E-state index in [1.54, 1.807) is 4.90 Å². The molecule has 1 aromatic rings. The molecule has 0 aromatic heterocycles. The second-order valence-corrected chi connectivity index (χ2v) is 6.51. The first-order valence-electron chi connectivity index (χ1n) is 6.49. The fourth-order valence-corrected chi connectivity index (χ4v) is 3.45. The van der Waals surface area contributed by atoms with E-state index in [-0.39, 0.29) is 5.91 Å². The van der Waals surface area contributed by atoms with Crippen LogP contribution < -0.4 is 0 Å². The first-order valence-corrected chi connectivity index (χ1v) is 7.72. The van der Waals surface area contributed by atoms with E-state index in [4.69, 9.17) is 12.2 Å². The number of thiocarbonyl (C=S) groups is 1. The number of thioether (sulfide) groups is 1. The number of hydrogen-bond donors (Lipinski definition) is 1. The molecule has 1 N–H and O–H groups in total. The van der Waals surface area contributed by atoms with Gasteiger partial charge in [-0.2, -0.15) is 0 Å². The molecule has 20 heavy (non-hydrogen) atoms. The molecule has 1 amide bonds. The first-order chi connectivity index (χ1) is 9.43. The van der Waals surface area contributed by atoms with Crippen LogP contribution >= 0.6 is 24.0 Å². The second kappa shape index (κ2) is 5.97. The highest BCUT2D eigenvalue weighted by Crippen LogP contribution is 2.33. The maximum absolute atomic E-state index is 12.2. The number of phenols is 1. The number of benzene rings is 1. The van der Waals surface area contributed by atoms with E-state index in [1.807, 2.05) is 39.0 Å². The molecule has 0 radical (unpaired) electrons. The van der Waals surface area contributed by atoms with Crippen molar-refractivity contribution in [1.82, 2.24) is 4.90 Å². The Bertz CT molecular complexity index is 585. The zero-order chi connectivity index (χ0) is 14.9. The number of aromatic hydroxyl groups is 1. The van der Waals surface area contributed by atoms with E-state index in [1.165, 1.54) is 11.8 Å². The molecule has 0 unspecified atom stereocenters. The van der Waals surface area contributed by atoms with Crippen molar-refractivity contribution in [3.63, 3.8) is 0 Å². The fraction of sp³-hybridized carbons (Fsp3) is 0.333. The van der Waals surface area contributed by atoms with Crippen molar-refractivity contribution in [3.8, 4) is 5.75 Å². The molecule has 5 heteroatoms. The number of aryl methyl sites for hydroxylation is 2. The van der Waals surface area contributed by atoms with Crippen LogP contribution in [0.4, 0.5) is 0 Å². The van der Waals surface area contributed by atoms with Crippen molar-refractivity contribution in [3.05, 3.63) is 33.7 Å². The number of rotatable bonds is 3. The number of nitrogens with zero attached hydrogens (tertiary/aromatic N) is 1. The fourth-order valence-electron chi connectivity index (χ4n) is 2.14. The molecule has 0 bridgehead atoms. The second-order valence-electron chi connectivity index (χ2n) is 4.84. The van der Waals surface area contributed by atoms with Crippen LogP contribution in [0.5, 0.6) is 5.75 Å². The zero-order valence-corrected chi connectivity index (χ0v) is 13.4. The third-order valence-electron chi connectivity index (χ3n) is 3.13. The molecule has 1 aliphatic heterocycles. The molecule has 0 atom stereocenters. The Balaban J connectivity index is 2.33. The van der Waals surface area contributed by atoms with Crippen LogP contribution in [0.3, 0.4) is 0 Å². The summed E-state index contributed by atoms with van der Waals surface area (Å²) in [6.07, 6.45) is 2.73. The highest BCUT2D eigenvalue weighted by atomic mass is 32.2. The van der Waals surface area contributed by atoms with Crippen molar-refractivity contribution in [2.75, 3.05) is 6.54 Å². The minimum Gasteiger partial charge on any atom is -0.507 e. The van der Waals surface area contributed by atoms with Crippen LogP contribution in [-0.4, -0.2) is 26.8 Å². The van der Waals surface area contributed by atoms with E-state index >= 15 is 0 Å². The number of hydrogen-bond acceptors (Lipinski definition) is 4. The van der Waals surface area contributed by atoms with Gasteiger partial charge in [0, 0.05) is 6.54 Å². The highest BCUT2D eigenvalue weighted by Gasteiger charge is 2.31. The van der Waals surface area contributed by atoms with E-state index in [2.05, 4.69) is 0 Å². The van der Waals surface area contributed by atoms with Crippen molar-refractivity contribution >= 4 is 40.3 Å². The topological polar surface area (TPSA) is 40.5 Å². The summed E-state index contributed by atoms with van der Waals surface area (Å²) in [5.41, 5.74) is 2.52. The van der Waals surface area contributed by atoms with E-state index in [0.29, 0.717) is 21.5 Å². The third kappa shape index (κ3) is 2.88. The molecule has 1 aromatic carbocycles. The zero-order valence-electron chi connectivity index (χ0n) is 11.8. The molecular weight excluding hydrogens is 290 g/mol. The minimum absolute atomic E-state index is 0.0229. The number of phenolic OH excluding ortho intramolecular Hbond substituents is 1. The molecule has 1 aliphatic rings. The standard InChI is InChI=1S/C15H17NO2S2/c1-4-5-16-14(18)12(20-15(16)19)8-11-6-9(2)13(17)10(3)7-11/h6-8,17H,4-5H2,1-3H3/b12-8-. The third-order valence-corrected chi connectivity index (χ3v) is 4.51. The Morgan fingerprint density at radius 3 is 2.50 bits per heavy atom. The number of carbonyl (C=O) groups is 1. The summed E-state index contributed by atoms with van der Waals surface area (Å²) >= 11 is 6.57. The quantitative estimate of drug-likeness (QED) is 0.684. The summed E-state index contributed by atoms with van der Waals surface area (Å²) < 4.78 is 0.621. The molecule has 2 rings (SSSR count). The van der Waals surface area contributed by atoms with Gasteiger partial charge in [0.1, 0.15) is 10.1 Å². The summed E-state index contributed by atoms with van der Waals surface area (Å²) in [5.74, 6) is 0.283. The van der Waals surface area contributed by atoms with Crippen molar-refractivity contribution in [1.29, 1.82) is 0 Å². The molecule has 1 fully saturated rings. The Kier molecular flexibility index (Phi) is 4.50. The lowest BCUT2D eigenvalue weighted by Crippen LogP contribution is -2.28. The van der Waals surface area contributed by atoms with Gasteiger partial charge >= 0.3 is 0 Å². The summed E-state index contributed by atoms with van der Waals surface area (Å²) in [6, 6.07) is 3.74. The molecular formula is C15H17NO2S2. The summed E-state index contributed by atoms with van der Waals surface area (Å²) in [4.78, 5) is 14.5. The Morgan fingerprint density at radius 2 is 1.95 bits per heavy atom. The van der Waals surface area contributed by atoms with Gasteiger partial charge < -0.3 is 5.11 Å². The SMILES string of the molecule is CCCN1C(=O)/C(=C/c2cc(C)c(O)c(C)c2)SC1=S. The first kappa shape index (κ1) is 15.1. The van der Waals surface area contributed by atoms with Gasteiger partial charge in [-0.3, -0.25) is 9.69 Å². The Labute approximate surface area is 128 Å². The lowest BCUT2D eigenvalue weighted by atomic mass is 10.1. The van der Waals surface area contributed by atoms with Crippen LogP contribution in [0, 0.1) is 13.8 Å². The lowest BCUT2D eigenvalue weighted by Gasteiger charge is -2.12. The van der Waals surface area contributed by atoms with Crippen molar-refractivity contribution in [2.24, 2.45) is 0 Å².